The average Bonchev–Trinajstić information content (AvgIpc) is 3.15. The van der Waals surface area contributed by atoms with Crippen molar-refractivity contribution < 1.29 is 4.79 Å². The average molecular weight is 446 g/mol. The van der Waals surface area contributed by atoms with E-state index in [-0.39, 0.29) is 5.91 Å². The molecule has 0 radical (unpaired) electrons. The summed E-state index contributed by atoms with van der Waals surface area (Å²) in [6.45, 7) is 8.40. The predicted molar refractivity (Wildman–Crippen MR) is 140 cm³/mol. The van der Waals surface area contributed by atoms with Crippen molar-refractivity contribution in [1.29, 1.82) is 0 Å². The molecule has 0 saturated heterocycles. The van der Waals surface area contributed by atoms with Crippen molar-refractivity contribution in [2.75, 3.05) is 18.0 Å². The van der Waals surface area contributed by atoms with Gasteiger partial charge in [-0.25, -0.2) is 9.89 Å². The Balaban J connectivity index is 1.93. The Morgan fingerprint density at radius 2 is 1.42 bits per heavy atom. The lowest BCUT2D eigenvalue weighted by Crippen LogP contribution is -2.45. The molecule has 1 heterocycles. The predicted octanol–water partition coefficient (Wildman–Crippen LogP) is 7.20. The maximum Gasteiger partial charge on any atom is 0.283 e. The third-order valence-corrected chi connectivity index (χ3v) is 6.08. The zero-order valence-electron chi connectivity index (χ0n) is 20.6. The fraction of sp³-hybridized carbons (Fsp3) is 0.448. The number of anilines is 1. The molecule has 0 fully saturated rings. The Bertz CT molecular complexity index is 919. The smallest absolute Gasteiger partial charge is 0.283 e. The number of hydrogen-bond acceptors (Lipinski definition) is 3. The van der Waals surface area contributed by atoms with Crippen LogP contribution in [0.2, 0.25) is 0 Å². The van der Waals surface area contributed by atoms with Gasteiger partial charge in [0.05, 0.1) is 5.69 Å². The molecular formula is C29H39N3O. The number of rotatable bonds is 12. The van der Waals surface area contributed by atoms with Crippen LogP contribution in [0, 0.1) is 6.92 Å². The highest BCUT2D eigenvalue weighted by Gasteiger charge is 2.34. The van der Waals surface area contributed by atoms with E-state index in [9.17, 15) is 4.79 Å². The van der Waals surface area contributed by atoms with Crippen LogP contribution < -0.4 is 4.90 Å². The van der Waals surface area contributed by atoms with Crippen molar-refractivity contribution in [2.45, 2.75) is 72.1 Å². The molecule has 2 aromatic carbocycles. The molecule has 1 aliphatic rings. The first-order valence-corrected chi connectivity index (χ1v) is 12.7. The lowest BCUT2D eigenvalue weighted by molar-refractivity contribution is -0.113. The number of aliphatic imine (C=N–C) groups is 1. The topological polar surface area (TPSA) is 35.9 Å². The number of hydrogen-bond donors (Lipinski definition) is 0. The Labute approximate surface area is 200 Å². The normalized spacial score (nSPS) is 14.8. The minimum atomic E-state index is -0.0511. The molecule has 0 unspecified atom stereocenters. The molecule has 0 aromatic heterocycles. The maximum absolute atomic E-state index is 13.6. The number of amides is 1. The van der Waals surface area contributed by atoms with Crippen LogP contribution in [-0.4, -0.2) is 29.9 Å². The van der Waals surface area contributed by atoms with Gasteiger partial charge in [-0.05, 0) is 43.5 Å². The largest absolute Gasteiger partial charge is 0.342 e. The SMILES string of the molecule is CCCCCCN(CCCCCC)C1=N/C(=C\c2ccccc2)C(=O)N1c1ccc(C)cc1. The van der Waals surface area contributed by atoms with E-state index in [0.717, 1.165) is 43.1 Å². The van der Waals surface area contributed by atoms with Crippen LogP contribution in [0.15, 0.2) is 65.3 Å². The Hall–Kier alpha value is -2.88. The summed E-state index contributed by atoms with van der Waals surface area (Å²) in [5, 5.41) is 0. The van der Waals surface area contributed by atoms with Gasteiger partial charge in [-0.15, -0.1) is 0 Å². The Morgan fingerprint density at radius 3 is 2.00 bits per heavy atom. The molecule has 0 atom stereocenters. The first-order chi connectivity index (χ1) is 16.1. The van der Waals surface area contributed by atoms with Gasteiger partial charge >= 0.3 is 0 Å². The highest BCUT2D eigenvalue weighted by Crippen LogP contribution is 2.27. The molecule has 0 bridgehead atoms. The fourth-order valence-corrected chi connectivity index (χ4v) is 4.12. The number of unbranched alkanes of at least 4 members (excludes halogenated alkanes) is 6. The van der Waals surface area contributed by atoms with Gasteiger partial charge in [0, 0.05) is 13.1 Å². The van der Waals surface area contributed by atoms with Crippen LogP contribution in [0.3, 0.4) is 0 Å². The van der Waals surface area contributed by atoms with Crippen molar-refractivity contribution in [2.24, 2.45) is 4.99 Å². The molecule has 0 aliphatic carbocycles. The Morgan fingerprint density at radius 1 is 0.818 bits per heavy atom. The van der Waals surface area contributed by atoms with Gasteiger partial charge < -0.3 is 4.90 Å². The van der Waals surface area contributed by atoms with Crippen molar-refractivity contribution in [1.82, 2.24) is 4.90 Å². The van der Waals surface area contributed by atoms with Crippen LogP contribution in [0.1, 0.15) is 76.3 Å². The number of nitrogens with zero attached hydrogens (tertiary/aromatic N) is 3. The van der Waals surface area contributed by atoms with Gasteiger partial charge in [-0.3, -0.25) is 4.79 Å². The van der Waals surface area contributed by atoms with E-state index >= 15 is 0 Å². The third kappa shape index (κ3) is 7.05. The molecule has 4 nitrogen and oxygen atoms in total. The second-order valence-electron chi connectivity index (χ2n) is 8.94. The third-order valence-electron chi connectivity index (χ3n) is 6.08. The first kappa shape index (κ1) is 24.8. The molecule has 0 N–H and O–H groups in total. The number of carbonyl (C=O) groups excluding carboxylic acids is 1. The Kier molecular flexibility index (Phi) is 9.74. The van der Waals surface area contributed by atoms with Gasteiger partial charge in [0.2, 0.25) is 5.96 Å². The number of guanidine groups is 1. The molecule has 3 rings (SSSR count). The molecular weight excluding hydrogens is 406 g/mol. The standard InChI is InChI=1S/C29H39N3O/c1-4-6-8-13-21-31(22-14-9-7-5-2)29-30-27(23-25-15-11-10-12-16-25)28(33)32(29)26-19-17-24(3)18-20-26/h10-12,15-20,23H,4-9,13-14,21-22H2,1-3H3/b27-23-. The summed E-state index contributed by atoms with van der Waals surface area (Å²) in [5.41, 5.74) is 3.56. The molecule has 4 heteroatoms. The van der Waals surface area contributed by atoms with Crippen LogP contribution >= 0.6 is 0 Å². The van der Waals surface area contributed by atoms with E-state index < -0.39 is 0 Å². The summed E-state index contributed by atoms with van der Waals surface area (Å²) < 4.78 is 0. The maximum atomic E-state index is 13.6. The van der Waals surface area contributed by atoms with Crippen molar-refractivity contribution in [3.05, 3.63) is 71.4 Å². The lowest BCUT2D eigenvalue weighted by atomic mass is 10.1. The molecule has 0 spiro atoms. The summed E-state index contributed by atoms with van der Waals surface area (Å²) >= 11 is 0. The number of benzene rings is 2. The highest BCUT2D eigenvalue weighted by molar-refractivity contribution is 6.28. The molecule has 1 amide bonds. The summed E-state index contributed by atoms with van der Waals surface area (Å²) in [5.74, 6) is 0.726. The van der Waals surface area contributed by atoms with Gasteiger partial charge in [0.1, 0.15) is 5.70 Å². The molecule has 1 aliphatic heterocycles. The van der Waals surface area contributed by atoms with E-state index in [1.54, 1.807) is 0 Å². The van der Waals surface area contributed by atoms with Crippen LogP contribution in [0.4, 0.5) is 5.69 Å². The second kappa shape index (κ2) is 13.0. The fourth-order valence-electron chi connectivity index (χ4n) is 4.12. The van der Waals surface area contributed by atoms with Crippen LogP contribution in [0.25, 0.3) is 6.08 Å². The van der Waals surface area contributed by atoms with Crippen molar-refractivity contribution in [3.63, 3.8) is 0 Å². The molecule has 0 saturated carbocycles. The van der Waals surface area contributed by atoms with E-state index in [4.69, 9.17) is 4.99 Å². The number of carbonyl (C=O) groups is 1. The van der Waals surface area contributed by atoms with Crippen molar-refractivity contribution >= 4 is 23.6 Å². The lowest BCUT2D eigenvalue weighted by Gasteiger charge is -2.30. The zero-order chi connectivity index (χ0) is 23.5. The first-order valence-electron chi connectivity index (χ1n) is 12.7. The van der Waals surface area contributed by atoms with Gasteiger partial charge in [0.15, 0.2) is 0 Å². The van der Waals surface area contributed by atoms with Gasteiger partial charge in [0.25, 0.3) is 5.91 Å². The highest BCUT2D eigenvalue weighted by atomic mass is 16.2. The number of aryl methyl sites for hydroxylation is 1. The van der Waals surface area contributed by atoms with E-state index in [1.165, 1.54) is 44.1 Å². The van der Waals surface area contributed by atoms with Gasteiger partial charge in [-0.2, -0.15) is 0 Å². The molecule has 33 heavy (non-hydrogen) atoms. The molecule has 176 valence electrons. The van der Waals surface area contributed by atoms with E-state index in [1.807, 2.05) is 53.4 Å². The quantitative estimate of drug-likeness (QED) is 0.256. The second-order valence-corrected chi connectivity index (χ2v) is 8.94. The summed E-state index contributed by atoms with van der Waals surface area (Å²) in [7, 11) is 0. The van der Waals surface area contributed by atoms with E-state index in [2.05, 4.69) is 37.8 Å². The molecule has 2 aromatic rings. The van der Waals surface area contributed by atoms with Gasteiger partial charge in [-0.1, -0.05) is 100 Å². The van der Waals surface area contributed by atoms with E-state index in [0.29, 0.717) is 5.70 Å². The van der Waals surface area contributed by atoms with Crippen LogP contribution in [-0.2, 0) is 4.79 Å². The van der Waals surface area contributed by atoms with Crippen molar-refractivity contribution in [3.8, 4) is 0 Å². The van der Waals surface area contributed by atoms with Crippen LogP contribution in [0.5, 0.6) is 0 Å². The minimum Gasteiger partial charge on any atom is -0.342 e. The summed E-state index contributed by atoms with van der Waals surface area (Å²) in [6, 6.07) is 18.2. The monoisotopic (exact) mass is 445 g/mol. The minimum absolute atomic E-state index is 0.0511. The summed E-state index contributed by atoms with van der Waals surface area (Å²) in [6.07, 6.45) is 11.5. The summed E-state index contributed by atoms with van der Waals surface area (Å²) in [4.78, 5) is 22.7. The zero-order valence-corrected chi connectivity index (χ0v) is 20.6.